The lowest BCUT2D eigenvalue weighted by molar-refractivity contribution is -0.161. The number of carbonyl (C=O) groups excluding carboxylic acids is 1. The molecular formula is C24H38O3. The smallest absolute Gasteiger partial charge is 0.133 e. The molecule has 4 aliphatic carbocycles. The lowest BCUT2D eigenvalue weighted by Crippen LogP contribution is -2.58. The highest BCUT2D eigenvalue weighted by Gasteiger charge is 2.64. The number of aliphatic hydroxyl groups excluding tert-OH is 1. The standard InChI is InChI=1S/C24H38O3/c1-16-14-18(26)15-17-6-7-19-20-9-12-24(27,10-4-5-13-25)22(20,2)11-8-21(19)23(16,17)3/h4,10,16-17,19-21,25,27H,5-9,11-15H2,1-3H3/t16?,17?,19-,20-,21+,22-,23-,24?/m0/s1. The number of rotatable bonds is 3. The molecule has 4 aliphatic rings. The molecule has 8 atom stereocenters. The molecule has 0 aliphatic heterocycles. The third-order valence-corrected chi connectivity index (χ3v) is 9.94. The van der Waals surface area contributed by atoms with Gasteiger partial charge in [0.25, 0.3) is 0 Å². The number of Topliss-reactive ketones (excluding diaryl/α,β-unsaturated/α-hetero) is 1. The van der Waals surface area contributed by atoms with Gasteiger partial charge < -0.3 is 10.2 Å². The van der Waals surface area contributed by atoms with Crippen LogP contribution in [0.2, 0.25) is 0 Å². The van der Waals surface area contributed by atoms with E-state index in [4.69, 9.17) is 5.11 Å². The predicted molar refractivity (Wildman–Crippen MR) is 107 cm³/mol. The topological polar surface area (TPSA) is 57.5 Å². The van der Waals surface area contributed by atoms with Gasteiger partial charge in [0, 0.05) is 24.9 Å². The molecule has 4 saturated carbocycles. The van der Waals surface area contributed by atoms with Crippen molar-refractivity contribution in [3.63, 3.8) is 0 Å². The van der Waals surface area contributed by atoms with Crippen LogP contribution in [0.15, 0.2) is 12.2 Å². The van der Waals surface area contributed by atoms with Crippen LogP contribution in [0, 0.1) is 40.4 Å². The molecule has 0 spiro atoms. The molecule has 0 aromatic carbocycles. The molecule has 3 nitrogen and oxygen atoms in total. The van der Waals surface area contributed by atoms with Gasteiger partial charge in [0.1, 0.15) is 5.78 Å². The quantitative estimate of drug-likeness (QED) is 0.715. The Balaban J connectivity index is 1.62. The van der Waals surface area contributed by atoms with E-state index < -0.39 is 5.60 Å². The minimum Gasteiger partial charge on any atom is -0.396 e. The maximum absolute atomic E-state index is 12.2. The predicted octanol–water partition coefficient (Wildman–Crippen LogP) is 4.51. The summed E-state index contributed by atoms with van der Waals surface area (Å²) in [6.07, 6.45) is 12.9. The lowest BCUT2D eigenvalue weighted by Gasteiger charge is -2.62. The Morgan fingerprint density at radius 3 is 2.56 bits per heavy atom. The van der Waals surface area contributed by atoms with Gasteiger partial charge in [0.05, 0.1) is 5.60 Å². The minimum atomic E-state index is -0.719. The summed E-state index contributed by atoms with van der Waals surface area (Å²) in [5.74, 6) is 3.54. The maximum Gasteiger partial charge on any atom is 0.133 e. The summed E-state index contributed by atoms with van der Waals surface area (Å²) in [6, 6.07) is 0. The van der Waals surface area contributed by atoms with Gasteiger partial charge in [-0.25, -0.2) is 0 Å². The second kappa shape index (κ2) is 6.69. The molecule has 27 heavy (non-hydrogen) atoms. The largest absolute Gasteiger partial charge is 0.396 e. The Morgan fingerprint density at radius 2 is 1.81 bits per heavy atom. The van der Waals surface area contributed by atoms with Crippen LogP contribution in [0.1, 0.15) is 78.6 Å². The molecule has 0 amide bonds. The van der Waals surface area contributed by atoms with Crippen molar-refractivity contribution in [1.29, 1.82) is 0 Å². The average molecular weight is 375 g/mol. The third-order valence-electron chi connectivity index (χ3n) is 9.94. The van der Waals surface area contributed by atoms with Crippen molar-refractivity contribution in [1.82, 2.24) is 0 Å². The van der Waals surface area contributed by atoms with Crippen molar-refractivity contribution in [2.75, 3.05) is 6.61 Å². The van der Waals surface area contributed by atoms with E-state index in [1.54, 1.807) is 0 Å². The van der Waals surface area contributed by atoms with Crippen molar-refractivity contribution < 1.29 is 15.0 Å². The van der Waals surface area contributed by atoms with E-state index in [0.29, 0.717) is 47.2 Å². The average Bonchev–Trinajstić information content (AvgIpc) is 2.88. The van der Waals surface area contributed by atoms with E-state index >= 15 is 0 Å². The van der Waals surface area contributed by atoms with Crippen LogP contribution >= 0.6 is 0 Å². The van der Waals surface area contributed by atoms with E-state index in [1.165, 1.54) is 19.3 Å². The van der Waals surface area contributed by atoms with Crippen molar-refractivity contribution >= 4 is 5.78 Å². The highest BCUT2D eigenvalue weighted by molar-refractivity contribution is 5.80. The molecule has 3 unspecified atom stereocenters. The van der Waals surface area contributed by atoms with Gasteiger partial charge in [-0.15, -0.1) is 0 Å². The van der Waals surface area contributed by atoms with E-state index in [-0.39, 0.29) is 12.0 Å². The Morgan fingerprint density at radius 1 is 1.07 bits per heavy atom. The zero-order valence-corrected chi connectivity index (χ0v) is 17.4. The first-order valence-electron chi connectivity index (χ1n) is 11.3. The van der Waals surface area contributed by atoms with E-state index in [9.17, 15) is 9.90 Å². The van der Waals surface area contributed by atoms with Crippen LogP contribution in [-0.2, 0) is 4.79 Å². The Hall–Kier alpha value is -0.670. The summed E-state index contributed by atoms with van der Waals surface area (Å²) < 4.78 is 0. The van der Waals surface area contributed by atoms with Crippen LogP contribution in [-0.4, -0.2) is 28.2 Å². The van der Waals surface area contributed by atoms with Crippen LogP contribution < -0.4 is 0 Å². The van der Waals surface area contributed by atoms with Crippen LogP contribution in [0.25, 0.3) is 0 Å². The van der Waals surface area contributed by atoms with Gasteiger partial charge in [0.2, 0.25) is 0 Å². The molecule has 0 bridgehead atoms. The number of aliphatic hydroxyl groups is 2. The van der Waals surface area contributed by atoms with E-state index in [0.717, 1.165) is 32.1 Å². The van der Waals surface area contributed by atoms with Crippen LogP contribution in [0.3, 0.4) is 0 Å². The lowest BCUT2D eigenvalue weighted by atomic mass is 9.42. The molecule has 0 heterocycles. The summed E-state index contributed by atoms with van der Waals surface area (Å²) in [5.41, 5.74) is -0.466. The second-order valence-corrected chi connectivity index (χ2v) is 10.7. The number of hydrogen-bond donors (Lipinski definition) is 2. The molecule has 0 aromatic heterocycles. The highest BCUT2D eigenvalue weighted by atomic mass is 16.3. The first kappa shape index (κ1) is 19.6. The SMILES string of the molecule is CC1CC(=O)CC2CC[C@@H]3[C@@H](CC[C@@]4(C)[C@H]3CCC4(O)C=CCCO)[C@@]12C. The molecule has 2 N–H and O–H groups in total. The minimum absolute atomic E-state index is 0.0446. The third kappa shape index (κ3) is 2.71. The van der Waals surface area contributed by atoms with E-state index in [1.807, 2.05) is 12.2 Å². The molecule has 0 radical (unpaired) electrons. The first-order chi connectivity index (χ1) is 12.8. The molecule has 152 valence electrons. The number of fused-ring (bicyclic) bond motifs is 5. The highest BCUT2D eigenvalue weighted by Crippen LogP contribution is 2.69. The Bertz CT molecular complexity index is 627. The summed E-state index contributed by atoms with van der Waals surface area (Å²) in [4.78, 5) is 12.2. The molecular weight excluding hydrogens is 336 g/mol. The molecule has 0 aromatic rings. The van der Waals surface area contributed by atoms with Gasteiger partial charge >= 0.3 is 0 Å². The van der Waals surface area contributed by atoms with Crippen molar-refractivity contribution in [3.05, 3.63) is 12.2 Å². The van der Waals surface area contributed by atoms with Crippen LogP contribution in [0.5, 0.6) is 0 Å². The number of carbonyl (C=O) groups is 1. The van der Waals surface area contributed by atoms with Crippen molar-refractivity contribution in [2.24, 2.45) is 40.4 Å². The fraction of sp³-hybridized carbons (Fsp3) is 0.875. The van der Waals surface area contributed by atoms with Crippen LogP contribution in [0.4, 0.5) is 0 Å². The zero-order chi connectivity index (χ0) is 19.4. The van der Waals surface area contributed by atoms with Crippen molar-refractivity contribution in [3.8, 4) is 0 Å². The fourth-order valence-corrected chi connectivity index (χ4v) is 8.16. The monoisotopic (exact) mass is 374 g/mol. The van der Waals surface area contributed by atoms with E-state index in [2.05, 4.69) is 20.8 Å². The normalized spacial score (nSPS) is 52.5. The second-order valence-electron chi connectivity index (χ2n) is 10.7. The van der Waals surface area contributed by atoms with Crippen molar-refractivity contribution in [2.45, 2.75) is 84.2 Å². The summed E-state index contributed by atoms with van der Waals surface area (Å²) >= 11 is 0. The molecule has 4 rings (SSSR count). The first-order valence-corrected chi connectivity index (χ1v) is 11.3. The van der Waals surface area contributed by atoms with Gasteiger partial charge in [-0.3, -0.25) is 4.79 Å². The Kier molecular flexibility index (Phi) is 4.87. The van der Waals surface area contributed by atoms with Gasteiger partial charge in [-0.1, -0.05) is 32.9 Å². The fourth-order valence-electron chi connectivity index (χ4n) is 8.16. The summed E-state index contributed by atoms with van der Waals surface area (Å²) in [5, 5.41) is 20.6. The zero-order valence-electron chi connectivity index (χ0n) is 17.4. The number of hydrogen-bond acceptors (Lipinski definition) is 3. The molecule has 4 fully saturated rings. The summed E-state index contributed by atoms with van der Waals surface area (Å²) in [7, 11) is 0. The summed E-state index contributed by atoms with van der Waals surface area (Å²) in [6.45, 7) is 7.29. The molecule has 3 heteroatoms. The van der Waals surface area contributed by atoms with Gasteiger partial charge in [-0.05, 0) is 80.0 Å². The Labute approximate surface area is 164 Å². The maximum atomic E-state index is 12.2. The molecule has 0 saturated heterocycles. The number of ketones is 1. The van der Waals surface area contributed by atoms with Gasteiger partial charge in [0.15, 0.2) is 0 Å². The van der Waals surface area contributed by atoms with Gasteiger partial charge in [-0.2, -0.15) is 0 Å².